The van der Waals surface area contributed by atoms with Crippen LogP contribution < -0.4 is 5.32 Å². The van der Waals surface area contributed by atoms with E-state index in [1.54, 1.807) is 0 Å². The second kappa shape index (κ2) is 6.24. The highest BCUT2D eigenvalue weighted by molar-refractivity contribution is 7.90. The molecule has 0 bridgehead atoms. The molecule has 2 aromatic rings. The summed E-state index contributed by atoms with van der Waals surface area (Å²) in [6.45, 7) is 0. The molecule has 1 N–H and O–H groups in total. The molecule has 0 radical (unpaired) electrons. The molecule has 22 heavy (non-hydrogen) atoms. The summed E-state index contributed by atoms with van der Waals surface area (Å²) in [5.74, 6) is -1.12. The number of rotatable bonds is 3. The van der Waals surface area contributed by atoms with Crippen LogP contribution in [0.5, 0.6) is 0 Å². The van der Waals surface area contributed by atoms with Crippen molar-refractivity contribution >= 4 is 44.6 Å². The van der Waals surface area contributed by atoms with E-state index >= 15 is 0 Å². The Morgan fingerprint density at radius 1 is 1.09 bits per heavy atom. The van der Waals surface area contributed by atoms with Gasteiger partial charge in [-0.2, -0.15) is 0 Å². The predicted molar refractivity (Wildman–Crippen MR) is 83.9 cm³/mol. The van der Waals surface area contributed by atoms with E-state index in [0.29, 0.717) is 0 Å². The smallest absolute Gasteiger partial charge is 0.255 e. The van der Waals surface area contributed by atoms with E-state index in [0.717, 1.165) is 18.4 Å². The van der Waals surface area contributed by atoms with Crippen molar-refractivity contribution in [2.75, 3.05) is 11.6 Å². The molecule has 0 saturated carbocycles. The lowest BCUT2D eigenvalue weighted by Gasteiger charge is -2.09. The zero-order valence-electron chi connectivity index (χ0n) is 11.2. The number of sulfone groups is 1. The zero-order chi connectivity index (χ0) is 16.5. The van der Waals surface area contributed by atoms with E-state index in [1.807, 2.05) is 0 Å². The van der Waals surface area contributed by atoms with Crippen LogP contribution in [0.25, 0.3) is 0 Å². The Labute approximate surface area is 136 Å². The SMILES string of the molecule is CS(=O)(=O)c1cc(C(=O)Nc2ccc(F)cc2Cl)ccc1Cl. The molecule has 0 aliphatic heterocycles. The van der Waals surface area contributed by atoms with Crippen molar-refractivity contribution < 1.29 is 17.6 Å². The highest BCUT2D eigenvalue weighted by Crippen LogP contribution is 2.25. The quantitative estimate of drug-likeness (QED) is 0.904. The van der Waals surface area contributed by atoms with E-state index in [2.05, 4.69) is 5.32 Å². The number of hydrogen-bond acceptors (Lipinski definition) is 3. The van der Waals surface area contributed by atoms with Crippen molar-refractivity contribution in [3.05, 3.63) is 57.8 Å². The molecule has 0 unspecified atom stereocenters. The van der Waals surface area contributed by atoms with Gasteiger partial charge in [0.25, 0.3) is 5.91 Å². The second-order valence-electron chi connectivity index (χ2n) is 4.50. The normalized spacial score (nSPS) is 11.3. The minimum absolute atomic E-state index is 0.0267. The summed E-state index contributed by atoms with van der Waals surface area (Å²) >= 11 is 11.6. The summed E-state index contributed by atoms with van der Waals surface area (Å²) in [7, 11) is -3.56. The monoisotopic (exact) mass is 361 g/mol. The topological polar surface area (TPSA) is 63.2 Å². The van der Waals surface area contributed by atoms with Crippen LogP contribution in [0.3, 0.4) is 0 Å². The van der Waals surface area contributed by atoms with E-state index < -0.39 is 21.6 Å². The summed E-state index contributed by atoms with van der Waals surface area (Å²) in [6, 6.07) is 7.38. The Kier molecular flexibility index (Phi) is 4.75. The lowest BCUT2D eigenvalue weighted by atomic mass is 10.2. The third-order valence-corrected chi connectivity index (χ3v) is 4.66. The van der Waals surface area contributed by atoms with Crippen molar-refractivity contribution in [2.24, 2.45) is 0 Å². The summed E-state index contributed by atoms with van der Waals surface area (Å²) in [4.78, 5) is 12.0. The van der Waals surface area contributed by atoms with Gasteiger partial charge >= 0.3 is 0 Å². The van der Waals surface area contributed by atoms with Gasteiger partial charge in [-0.1, -0.05) is 23.2 Å². The summed E-state index contributed by atoms with van der Waals surface area (Å²) in [6.07, 6.45) is 0.993. The molecule has 8 heteroatoms. The van der Waals surface area contributed by atoms with Gasteiger partial charge in [0.15, 0.2) is 9.84 Å². The first kappa shape index (κ1) is 16.7. The molecule has 0 fully saturated rings. The summed E-state index contributed by atoms with van der Waals surface area (Å²) in [5, 5.41) is 2.54. The van der Waals surface area contributed by atoms with E-state index in [4.69, 9.17) is 23.2 Å². The molecule has 116 valence electrons. The Morgan fingerprint density at radius 3 is 2.36 bits per heavy atom. The third kappa shape index (κ3) is 3.76. The van der Waals surface area contributed by atoms with Gasteiger partial charge in [0.05, 0.1) is 20.6 Å². The van der Waals surface area contributed by atoms with Crippen LogP contribution in [0.2, 0.25) is 10.0 Å². The number of anilines is 1. The Morgan fingerprint density at radius 2 is 1.77 bits per heavy atom. The van der Waals surface area contributed by atoms with Gasteiger partial charge < -0.3 is 5.32 Å². The molecule has 2 rings (SSSR count). The Hall–Kier alpha value is -1.63. The first-order chi connectivity index (χ1) is 10.2. The summed E-state index contributed by atoms with van der Waals surface area (Å²) in [5.41, 5.74) is 0.300. The minimum atomic E-state index is -3.56. The zero-order valence-corrected chi connectivity index (χ0v) is 13.6. The average molecular weight is 362 g/mol. The molecule has 0 aromatic heterocycles. The van der Waals surface area contributed by atoms with E-state index in [-0.39, 0.29) is 26.2 Å². The van der Waals surface area contributed by atoms with Gasteiger partial charge in [-0.05, 0) is 36.4 Å². The standard InChI is InChI=1S/C14H10Cl2FNO3S/c1-22(20,21)13-6-8(2-4-10(13)15)14(19)18-12-5-3-9(17)7-11(12)16/h2-7H,1H3,(H,18,19). The first-order valence-corrected chi connectivity index (χ1v) is 8.59. The van der Waals surface area contributed by atoms with Crippen molar-refractivity contribution in [1.29, 1.82) is 0 Å². The van der Waals surface area contributed by atoms with Crippen molar-refractivity contribution in [1.82, 2.24) is 0 Å². The molecule has 4 nitrogen and oxygen atoms in total. The fraction of sp³-hybridized carbons (Fsp3) is 0.0714. The number of hydrogen-bond donors (Lipinski definition) is 1. The lowest BCUT2D eigenvalue weighted by Crippen LogP contribution is -2.13. The fourth-order valence-corrected chi connectivity index (χ4v) is 3.23. The molecule has 0 aliphatic rings. The molecule has 1 amide bonds. The lowest BCUT2D eigenvalue weighted by molar-refractivity contribution is 0.102. The number of nitrogens with one attached hydrogen (secondary N) is 1. The Balaban J connectivity index is 2.34. The first-order valence-electron chi connectivity index (χ1n) is 5.94. The number of halogens is 3. The van der Waals surface area contributed by atoms with Crippen LogP contribution in [-0.2, 0) is 9.84 Å². The van der Waals surface area contributed by atoms with Gasteiger partial charge in [-0.15, -0.1) is 0 Å². The molecule has 0 aliphatic carbocycles. The van der Waals surface area contributed by atoms with Crippen LogP contribution in [0.4, 0.5) is 10.1 Å². The molecule has 0 saturated heterocycles. The molecular weight excluding hydrogens is 352 g/mol. The maximum absolute atomic E-state index is 13.0. The van der Waals surface area contributed by atoms with E-state index in [9.17, 15) is 17.6 Å². The molecule has 0 atom stereocenters. The molecule has 0 spiro atoms. The highest BCUT2D eigenvalue weighted by Gasteiger charge is 2.16. The number of benzene rings is 2. The van der Waals surface area contributed by atoms with Crippen LogP contribution in [-0.4, -0.2) is 20.6 Å². The van der Waals surface area contributed by atoms with Gasteiger partial charge in [-0.25, -0.2) is 12.8 Å². The maximum atomic E-state index is 13.0. The third-order valence-electron chi connectivity index (χ3n) is 2.77. The van der Waals surface area contributed by atoms with Gasteiger partial charge in [0, 0.05) is 11.8 Å². The molecule has 2 aromatic carbocycles. The maximum Gasteiger partial charge on any atom is 0.255 e. The van der Waals surface area contributed by atoms with Gasteiger partial charge in [-0.3, -0.25) is 4.79 Å². The van der Waals surface area contributed by atoms with Crippen LogP contribution in [0.1, 0.15) is 10.4 Å². The van der Waals surface area contributed by atoms with Gasteiger partial charge in [0.2, 0.25) is 0 Å². The predicted octanol–water partition coefficient (Wildman–Crippen LogP) is 3.79. The van der Waals surface area contributed by atoms with E-state index in [1.165, 1.54) is 24.3 Å². The highest BCUT2D eigenvalue weighted by atomic mass is 35.5. The largest absolute Gasteiger partial charge is 0.321 e. The second-order valence-corrected chi connectivity index (χ2v) is 7.29. The molecule has 0 heterocycles. The Bertz CT molecular complexity index is 853. The minimum Gasteiger partial charge on any atom is -0.321 e. The van der Waals surface area contributed by atoms with Crippen LogP contribution in [0, 0.1) is 5.82 Å². The number of amides is 1. The number of carbonyl (C=O) groups is 1. The fourth-order valence-electron chi connectivity index (χ4n) is 1.71. The number of carbonyl (C=O) groups excluding carboxylic acids is 1. The molecular formula is C14H10Cl2FNO3S. The van der Waals surface area contributed by atoms with Crippen molar-refractivity contribution in [3.63, 3.8) is 0 Å². The van der Waals surface area contributed by atoms with Crippen molar-refractivity contribution in [3.8, 4) is 0 Å². The average Bonchev–Trinajstić information content (AvgIpc) is 2.41. The van der Waals surface area contributed by atoms with Crippen LogP contribution >= 0.6 is 23.2 Å². The van der Waals surface area contributed by atoms with Crippen LogP contribution in [0.15, 0.2) is 41.3 Å². The summed E-state index contributed by atoms with van der Waals surface area (Å²) < 4.78 is 36.2. The van der Waals surface area contributed by atoms with Gasteiger partial charge in [0.1, 0.15) is 5.82 Å². The van der Waals surface area contributed by atoms with Crippen molar-refractivity contribution in [2.45, 2.75) is 4.90 Å².